The minimum atomic E-state index is -4.32. The van der Waals surface area contributed by atoms with Crippen molar-refractivity contribution in [3.05, 3.63) is 0 Å². The van der Waals surface area contributed by atoms with Crippen LogP contribution in [0.15, 0.2) is 0 Å². The fourth-order valence-corrected chi connectivity index (χ4v) is 2.39. The zero-order valence-electron chi connectivity index (χ0n) is 9.27. The lowest BCUT2D eigenvalue weighted by molar-refractivity contribution is -0.202. The van der Waals surface area contributed by atoms with E-state index < -0.39 is 29.8 Å². The summed E-state index contributed by atoms with van der Waals surface area (Å²) in [5, 5.41) is 2.90. The third-order valence-electron chi connectivity index (χ3n) is 3.46. The third kappa shape index (κ3) is 1.43. The van der Waals surface area contributed by atoms with E-state index in [4.69, 9.17) is 0 Å². The van der Waals surface area contributed by atoms with Crippen molar-refractivity contribution in [3.63, 3.8) is 0 Å². The molecule has 0 bridgehead atoms. The first-order valence-corrected chi connectivity index (χ1v) is 5.49. The molecule has 1 heterocycles. The summed E-state index contributed by atoms with van der Waals surface area (Å²) in [5.41, 5.74) is -1.89. The quantitative estimate of drug-likeness (QED) is 0.790. The summed E-state index contributed by atoms with van der Waals surface area (Å²) in [7, 11) is 0. The van der Waals surface area contributed by atoms with Gasteiger partial charge in [0.05, 0.1) is 12.2 Å². The SMILES string of the molecule is CCC1NC(C)C(=O)N1C1(C(F)(F)F)CC1. The van der Waals surface area contributed by atoms with Crippen molar-refractivity contribution >= 4 is 5.91 Å². The predicted molar refractivity (Wildman–Crippen MR) is 51.5 cm³/mol. The molecule has 2 unspecified atom stereocenters. The van der Waals surface area contributed by atoms with Crippen LogP contribution in [0.3, 0.4) is 0 Å². The number of carbonyl (C=O) groups excluding carboxylic acids is 1. The molecule has 0 radical (unpaired) electrons. The second-order valence-corrected chi connectivity index (χ2v) is 4.55. The van der Waals surface area contributed by atoms with E-state index in [2.05, 4.69) is 5.32 Å². The highest BCUT2D eigenvalue weighted by Crippen LogP contribution is 2.55. The molecule has 1 aliphatic carbocycles. The van der Waals surface area contributed by atoms with Gasteiger partial charge in [0.15, 0.2) is 0 Å². The first-order valence-electron chi connectivity index (χ1n) is 5.49. The Morgan fingerprint density at radius 2 is 2.06 bits per heavy atom. The number of nitrogens with one attached hydrogen (secondary N) is 1. The van der Waals surface area contributed by atoms with Gasteiger partial charge in [-0.3, -0.25) is 10.1 Å². The van der Waals surface area contributed by atoms with Crippen molar-refractivity contribution in [2.24, 2.45) is 0 Å². The fraction of sp³-hybridized carbons (Fsp3) is 0.900. The van der Waals surface area contributed by atoms with Crippen LogP contribution in [0.4, 0.5) is 13.2 Å². The molecule has 0 spiro atoms. The molecule has 1 aliphatic heterocycles. The predicted octanol–water partition coefficient (Wildman–Crippen LogP) is 1.64. The lowest BCUT2D eigenvalue weighted by atomic mass is 10.1. The molecule has 2 rings (SSSR count). The number of alkyl halides is 3. The molecule has 1 saturated carbocycles. The Labute approximate surface area is 92.0 Å². The maximum atomic E-state index is 12.9. The standard InChI is InChI=1S/C10H15F3N2O/c1-3-7-14-6(2)8(16)15(7)9(4-5-9)10(11,12)13/h6-7,14H,3-5H2,1-2H3. The molecule has 16 heavy (non-hydrogen) atoms. The van der Waals surface area contributed by atoms with Gasteiger partial charge in [-0.25, -0.2) is 0 Å². The molecular formula is C10H15F3N2O. The van der Waals surface area contributed by atoms with Crippen LogP contribution in [0.2, 0.25) is 0 Å². The number of hydrogen-bond acceptors (Lipinski definition) is 2. The molecule has 6 heteroatoms. The van der Waals surface area contributed by atoms with E-state index in [0.29, 0.717) is 6.42 Å². The van der Waals surface area contributed by atoms with Crippen molar-refractivity contribution in [3.8, 4) is 0 Å². The first kappa shape index (κ1) is 11.7. The minimum Gasteiger partial charge on any atom is -0.311 e. The summed E-state index contributed by atoms with van der Waals surface area (Å²) < 4.78 is 38.8. The summed E-state index contributed by atoms with van der Waals surface area (Å²) >= 11 is 0. The molecule has 92 valence electrons. The monoisotopic (exact) mass is 236 g/mol. The van der Waals surface area contributed by atoms with Gasteiger partial charge in [0.2, 0.25) is 5.91 Å². The van der Waals surface area contributed by atoms with Gasteiger partial charge in [-0.1, -0.05) is 6.92 Å². The molecule has 2 aliphatic rings. The van der Waals surface area contributed by atoms with Crippen LogP contribution in [0.25, 0.3) is 0 Å². The highest BCUT2D eigenvalue weighted by atomic mass is 19.4. The van der Waals surface area contributed by atoms with Gasteiger partial charge in [-0.2, -0.15) is 13.2 Å². The summed E-state index contributed by atoms with van der Waals surface area (Å²) in [5.74, 6) is -0.429. The number of nitrogens with zero attached hydrogens (tertiary/aromatic N) is 1. The molecule has 0 aromatic carbocycles. The van der Waals surface area contributed by atoms with E-state index >= 15 is 0 Å². The summed E-state index contributed by atoms with van der Waals surface area (Å²) in [6, 6.07) is -0.509. The average molecular weight is 236 g/mol. The van der Waals surface area contributed by atoms with Crippen LogP contribution in [0, 0.1) is 0 Å². The highest BCUT2D eigenvalue weighted by molar-refractivity contribution is 5.85. The fourth-order valence-electron chi connectivity index (χ4n) is 2.39. The maximum Gasteiger partial charge on any atom is 0.411 e. The molecule has 3 nitrogen and oxygen atoms in total. The molecule has 2 atom stereocenters. The Hall–Kier alpha value is -0.780. The largest absolute Gasteiger partial charge is 0.411 e. The molecule has 0 aromatic heterocycles. The van der Waals surface area contributed by atoms with Gasteiger partial charge in [-0.15, -0.1) is 0 Å². The van der Waals surface area contributed by atoms with Crippen LogP contribution in [0.5, 0.6) is 0 Å². The van der Waals surface area contributed by atoms with E-state index in [1.165, 1.54) is 0 Å². The van der Waals surface area contributed by atoms with Crippen LogP contribution < -0.4 is 5.32 Å². The number of halogens is 3. The van der Waals surface area contributed by atoms with Gasteiger partial charge in [0.25, 0.3) is 0 Å². The zero-order chi connectivity index (χ0) is 12.1. The van der Waals surface area contributed by atoms with Crippen LogP contribution in [-0.4, -0.2) is 34.7 Å². The first-order chi connectivity index (χ1) is 7.33. The lowest BCUT2D eigenvalue weighted by Gasteiger charge is -2.34. The number of rotatable bonds is 2. The Balaban J connectivity index is 2.29. The van der Waals surface area contributed by atoms with Gasteiger partial charge in [0.1, 0.15) is 5.54 Å². The van der Waals surface area contributed by atoms with E-state index in [1.54, 1.807) is 13.8 Å². The van der Waals surface area contributed by atoms with Gasteiger partial charge >= 0.3 is 6.18 Å². The zero-order valence-corrected chi connectivity index (χ0v) is 9.27. The average Bonchev–Trinajstić information content (AvgIpc) is 2.92. The van der Waals surface area contributed by atoms with Gasteiger partial charge < -0.3 is 4.90 Å². The number of carbonyl (C=O) groups is 1. The third-order valence-corrected chi connectivity index (χ3v) is 3.46. The van der Waals surface area contributed by atoms with Crippen LogP contribution >= 0.6 is 0 Å². The van der Waals surface area contributed by atoms with Crippen LogP contribution in [-0.2, 0) is 4.79 Å². The van der Waals surface area contributed by atoms with Gasteiger partial charge in [0, 0.05) is 0 Å². The highest BCUT2D eigenvalue weighted by Gasteiger charge is 2.70. The Morgan fingerprint density at radius 3 is 2.44 bits per heavy atom. The van der Waals surface area contributed by atoms with Crippen LogP contribution in [0.1, 0.15) is 33.1 Å². The van der Waals surface area contributed by atoms with Crippen molar-refractivity contribution in [1.29, 1.82) is 0 Å². The number of hydrogen-bond donors (Lipinski definition) is 1. The molecule has 2 fully saturated rings. The Kier molecular flexibility index (Phi) is 2.45. The topological polar surface area (TPSA) is 32.3 Å². The van der Waals surface area contributed by atoms with Crippen molar-refractivity contribution in [1.82, 2.24) is 10.2 Å². The molecular weight excluding hydrogens is 221 g/mol. The summed E-state index contributed by atoms with van der Waals surface area (Å²) in [6.07, 6.45) is -4.23. The minimum absolute atomic E-state index is 0.0349. The number of amides is 1. The lowest BCUT2D eigenvalue weighted by Crippen LogP contribution is -2.53. The smallest absolute Gasteiger partial charge is 0.311 e. The van der Waals surface area contributed by atoms with Crippen molar-refractivity contribution in [2.45, 2.75) is 57.0 Å². The van der Waals surface area contributed by atoms with E-state index in [1.807, 2.05) is 0 Å². The molecule has 0 aromatic rings. The second-order valence-electron chi connectivity index (χ2n) is 4.55. The Morgan fingerprint density at radius 1 is 1.50 bits per heavy atom. The normalized spacial score (nSPS) is 33.3. The van der Waals surface area contributed by atoms with E-state index in [9.17, 15) is 18.0 Å². The van der Waals surface area contributed by atoms with Gasteiger partial charge in [-0.05, 0) is 26.2 Å². The van der Waals surface area contributed by atoms with Crippen molar-refractivity contribution < 1.29 is 18.0 Å². The summed E-state index contributed by atoms with van der Waals surface area (Å²) in [6.45, 7) is 3.39. The molecule has 1 N–H and O–H groups in total. The molecule has 1 saturated heterocycles. The molecule has 1 amide bonds. The van der Waals surface area contributed by atoms with Crippen molar-refractivity contribution in [2.75, 3.05) is 0 Å². The summed E-state index contributed by atoms with van der Waals surface area (Å²) in [4.78, 5) is 12.8. The van der Waals surface area contributed by atoms with E-state index in [0.717, 1.165) is 4.90 Å². The van der Waals surface area contributed by atoms with E-state index in [-0.39, 0.29) is 12.8 Å². The maximum absolute atomic E-state index is 12.9. The Bertz CT molecular complexity index is 312. The second kappa shape index (κ2) is 3.35.